The fourth-order valence-corrected chi connectivity index (χ4v) is 6.86. The number of fused-ring (bicyclic) bond motifs is 6. The summed E-state index contributed by atoms with van der Waals surface area (Å²) in [4.78, 5) is 41.6. The number of rotatable bonds is 6. The van der Waals surface area contributed by atoms with Crippen molar-refractivity contribution in [2.24, 2.45) is 0 Å². The van der Waals surface area contributed by atoms with E-state index in [0.29, 0.717) is 27.3 Å². The zero-order valence-electron chi connectivity index (χ0n) is 28.4. The number of aliphatic carboxylic acids is 1. The van der Waals surface area contributed by atoms with Crippen LogP contribution < -0.4 is 15.6 Å². The number of aromatic nitrogens is 1. The fourth-order valence-electron chi connectivity index (χ4n) is 6.86. The van der Waals surface area contributed by atoms with Gasteiger partial charge in [-0.3, -0.25) is 23.9 Å². The number of benzene rings is 3. The van der Waals surface area contributed by atoms with E-state index in [-0.39, 0.29) is 60.7 Å². The van der Waals surface area contributed by atoms with E-state index >= 15 is 8.78 Å². The third-order valence-corrected chi connectivity index (χ3v) is 9.42. The number of ether oxygens (including phenoxy) is 1. The average Bonchev–Trinajstić information content (AvgIpc) is 3.07. The molecule has 1 amide bonds. The van der Waals surface area contributed by atoms with Crippen LogP contribution in [-0.2, 0) is 28.8 Å². The molecule has 276 valence electrons. The summed E-state index contributed by atoms with van der Waals surface area (Å²) in [5.74, 6) is -4.40. The second-order valence-corrected chi connectivity index (χ2v) is 13.2. The van der Waals surface area contributed by atoms with Crippen molar-refractivity contribution in [1.82, 2.24) is 14.8 Å². The number of halogens is 6. The number of pyridine rings is 1. The molecular formula is C38H32F6N4O5. The number of nitrogens with one attached hydrogen (secondary N) is 1. The van der Waals surface area contributed by atoms with Gasteiger partial charge in [0.05, 0.1) is 29.7 Å². The van der Waals surface area contributed by atoms with Crippen LogP contribution in [0.2, 0.25) is 0 Å². The Bertz CT molecular complexity index is 2220. The normalized spacial score (nSPS) is 17.8. The maximum Gasteiger partial charge on any atom is 0.416 e. The molecule has 9 nitrogen and oxygen atoms in total. The molecule has 3 heterocycles. The Morgan fingerprint density at radius 2 is 1.77 bits per heavy atom. The van der Waals surface area contributed by atoms with Gasteiger partial charge in [0.15, 0.2) is 0 Å². The monoisotopic (exact) mass is 738 g/mol. The number of nitrogens with zero attached hydrogens (tertiary/aromatic N) is 3. The van der Waals surface area contributed by atoms with E-state index in [9.17, 15) is 42.3 Å². The molecule has 2 aliphatic rings. The summed E-state index contributed by atoms with van der Waals surface area (Å²) in [5.41, 5.74) is -1.90. The molecule has 0 aliphatic carbocycles. The summed E-state index contributed by atoms with van der Waals surface area (Å²) in [6.45, 7) is 2.86. The molecule has 1 fully saturated rings. The second kappa shape index (κ2) is 14.4. The molecule has 4 aromatic rings. The molecule has 2 aliphatic heterocycles. The largest absolute Gasteiger partial charge is 0.488 e. The lowest BCUT2D eigenvalue weighted by Gasteiger charge is -2.34. The second-order valence-electron chi connectivity index (χ2n) is 13.2. The van der Waals surface area contributed by atoms with Gasteiger partial charge in [0.25, 0.3) is 5.56 Å². The zero-order chi connectivity index (χ0) is 38.4. The molecular weight excluding hydrogens is 706 g/mol. The van der Waals surface area contributed by atoms with Gasteiger partial charge in [0, 0.05) is 48.6 Å². The predicted molar refractivity (Wildman–Crippen MR) is 179 cm³/mol. The smallest absolute Gasteiger partial charge is 0.416 e. The van der Waals surface area contributed by atoms with Gasteiger partial charge >= 0.3 is 12.1 Å². The molecule has 0 spiro atoms. The molecule has 6 rings (SSSR count). The summed E-state index contributed by atoms with van der Waals surface area (Å²) >= 11 is 0. The minimum absolute atomic E-state index is 0.0100. The Labute approximate surface area is 299 Å². The van der Waals surface area contributed by atoms with Crippen LogP contribution in [0, 0.1) is 36.8 Å². The van der Waals surface area contributed by atoms with Crippen molar-refractivity contribution in [3.63, 3.8) is 0 Å². The number of alkyl halides is 4. The van der Waals surface area contributed by atoms with Gasteiger partial charge in [0.1, 0.15) is 36.2 Å². The molecule has 4 bridgehead atoms. The van der Waals surface area contributed by atoms with E-state index in [1.807, 2.05) is 6.07 Å². The number of amides is 1. The molecule has 1 aromatic heterocycles. The summed E-state index contributed by atoms with van der Waals surface area (Å²) in [6.07, 6.45) is -6.51. The van der Waals surface area contributed by atoms with Crippen LogP contribution in [0.3, 0.4) is 0 Å². The first-order chi connectivity index (χ1) is 25.0. The van der Waals surface area contributed by atoms with E-state index in [1.54, 1.807) is 17.9 Å². The third-order valence-electron chi connectivity index (χ3n) is 9.42. The highest BCUT2D eigenvalue weighted by Crippen LogP contribution is 2.39. The van der Waals surface area contributed by atoms with Gasteiger partial charge in [-0.2, -0.15) is 18.4 Å². The minimum Gasteiger partial charge on any atom is -0.488 e. The van der Waals surface area contributed by atoms with Crippen LogP contribution in [0.5, 0.6) is 5.75 Å². The van der Waals surface area contributed by atoms with Gasteiger partial charge in [-0.05, 0) is 84.5 Å². The Morgan fingerprint density at radius 3 is 2.43 bits per heavy atom. The molecule has 0 radical (unpaired) electrons. The Hall–Kier alpha value is -5.62. The molecule has 3 aromatic carbocycles. The van der Waals surface area contributed by atoms with Gasteiger partial charge in [0.2, 0.25) is 5.91 Å². The van der Waals surface area contributed by atoms with Crippen molar-refractivity contribution in [2.75, 3.05) is 19.6 Å². The number of carbonyl (C=O) groups excluding carboxylic acids is 1. The number of carboxylic acid groups (broad SMARTS) is 1. The van der Waals surface area contributed by atoms with Crippen LogP contribution in [-0.4, -0.2) is 52.3 Å². The maximum atomic E-state index is 16.0. The van der Waals surface area contributed by atoms with Crippen molar-refractivity contribution >= 4 is 11.9 Å². The number of aryl methyl sites for hydroxylation is 2. The SMILES string of the molecule is Cc1cc2cc(c1F)[C@H](CC(=O)O)NC(=O)[C@H](n1cc(CCN3CC(F)C3)c(C(F)(F)F)cc1=O)c1cc(ccc1F)COc1cc(C#N)cc(C)c1-2. The van der Waals surface area contributed by atoms with Crippen molar-refractivity contribution in [3.8, 4) is 22.9 Å². The molecule has 53 heavy (non-hydrogen) atoms. The first-order valence-corrected chi connectivity index (χ1v) is 16.5. The number of hydrogen-bond donors (Lipinski definition) is 2. The first kappa shape index (κ1) is 37.1. The van der Waals surface area contributed by atoms with Gasteiger partial charge < -0.3 is 15.2 Å². The van der Waals surface area contributed by atoms with Crippen LogP contribution >= 0.6 is 0 Å². The Balaban J connectivity index is 1.57. The quantitative estimate of drug-likeness (QED) is 0.222. The number of carbonyl (C=O) groups is 2. The van der Waals surface area contributed by atoms with E-state index < -0.39 is 76.6 Å². The van der Waals surface area contributed by atoms with E-state index in [0.717, 1.165) is 12.3 Å². The molecule has 0 unspecified atom stereocenters. The zero-order valence-corrected chi connectivity index (χ0v) is 28.4. The van der Waals surface area contributed by atoms with Crippen molar-refractivity contribution in [1.29, 1.82) is 5.26 Å². The highest BCUT2D eigenvalue weighted by molar-refractivity contribution is 5.85. The first-order valence-electron chi connectivity index (χ1n) is 16.5. The van der Waals surface area contributed by atoms with E-state index in [4.69, 9.17) is 4.74 Å². The topological polar surface area (TPSA) is 125 Å². The van der Waals surface area contributed by atoms with Gasteiger partial charge in [-0.25, -0.2) is 13.2 Å². The van der Waals surface area contributed by atoms with Gasteiger partial charge in [-0.1, -0.05) is 6.07 Å². The lowest BCUT2D eigenvalue weighted by Crippen LogP contribution is -2.49. The highest BCUT2D eigenvalue weighted by atomic mass is 19.4. The lowest BCUT2D eigenvalue weighted by molar-refractivity contribution is -0.139. The summed E-state index contributed by atoms with van der Waals surface area (Å²) in [6, 6.07) is 8.03. The minimum atomic E-state index is -4.99. The molecule has 2 N–H and O–H groups in total. The standard InChI is InChI=1S/C38H32F6N4O5/c1-19-7-22(14-45)10-31-34(19)24-8-20(2)35(41)27(11-24)30(13-33(50)51)46-37(52)36(26-9-21(18-53-31)3-4-29(26)40)48-15-23(5-6-47-16-25(39)17-47)28(12-32(48)49)38(42,43)44/h3-4,7-12,15,25,30,36H,5-6,13,16-18H2,1-2H3,(H,46,52)(H,50,51)/t30-,36+/m0/s1. The Morgan fingerprint density at radius 1 is 1.04 bits per heavy atom. The van der Waals surface area contributed by atoms with Crippen LogP contribution in [0.25, 0.3) is 11.1 Å². The summed E-state index contributed by atoms with van der Waals surface area (Å²) in [5, 5.41) is 22.0. The number of carboxylic acids is 1. The van der Waals surface area contributed by atoms with Crippen LogP contribution in [0.15, 0.2) is 59.5 Å². The molecule has 1 saturated heterocycles. The van der Waals surface area contributed by atoms with E-state index in [2.05, 4.69) is 5.32 Å². The predicted octanol–water partition coefficient (Wildman–Crippen LogP) is 6.31. The average molecular weight is 739 g/mol. The van der Waals surface area contributed by atoms with E-state index in [1.165, 1.54) is 37.3 Å². The third kappa shape index (κ3) is 7.64. The number of likely N-dealkylation sites (tertiary alicyclic amines) is 1. The molecule has 0 saturated carbocycles. The van der Waals surface area contributed by atoms with Crippen molar-refractivity contribution < 1.29 is 45.8 Å². The molecule has 2 atom stereocenters. The Kier molecular flexibility index (Phi) is 10.1. The number of hydrogen-bond acceptors (Lipinski definition) is 6. The van der Waals surface area contributed by atoms with Crippen LogP contribution in [0.1, 0.15) is 63.0 Å². The highest BCUT2D eigenvalue weighted by Gasteiger charge is 2.37. The van der Waals surface area contributed by atoms with Crippen molar-refractivity contribution in [3.05, 3.63) is 121 Å². The fraction of sp³-hybridized carbons (Fsp3) is 0.316. The summed E-state index contributed by atoms with van der Waals surface area (Å²) < 4.78 is 94.7. The lowest BCUT2D eigenvalue weighted by atomic mass is 9.91. The molecule has 15 heteroatoms. The van der Waals surface area contributed by atoms with Crippen LogP contribution in [0.4, 0.5) is 26.3 Å². The summed E-state index contributed by atoms with van der Waals surface area (Å²) in [7, 11) is 0. The van der Waals surface area contributed by atoms with Gasteiger partial charge in [-0.15, -0.1) is 0 Å². The number of nitriles is 1. The maximum absolute atomic E-state index is 16.0. The van der Waals surface area contributed by atoms with Crippen molar-refractivity contribution in [2.45, 2.75) is 57.7 Å².